The van der Waals surface area contributed by atoms with E-state index < -0.39 is 0 Å². The summed E-state index contributed by atoms with van der Waals surface area (Å²) in [5.74, 6) is 0. The summed E-state index contributed by atoms with van der Waals surface area (Å²) in [6.07, 6.45) is 0.866. The molecule has 0 fully saturated rings. The molecule has 2 rings (SSSR count). The molecule has 1 heterocycles. The first kappa shape index (κ1) is 9.65. The topological polar surface area (TPSA) is 34.9 Å². The molecule has 0 N–H and O–H groups in total. The zero-order valence-corrected chi connectivity index (χ0v) is 8.77. The van der Waals surface area contributed by atoms with E-state index in [1.807, 2.05) is 44.3 Å². The first-order chi connectivity index (χ1) is 7.24. The molecule has 76 valence electrons. The predicted octanol–water partition coefficient (Wildman–Crippen LogP) is 2.21. The Morgan fingerprint density at radius 1 is 1.27 bits per heavy atom. The molecule has 0 aliphatic heterocycles. The highest BCUT2D eigenvalue weighted by Crippen LogP contribution is 2.23. The highest BCUT2D eigenvalue weighted by Gasteiger charge is 2.13. The summed E-state index contributed by atoms with van der Waals surface area (Å²) in [5.41, 5.74) is 3.33. The average Bonchev–Trinajstić information content (AvgIpc) is 2.54. The Bertz CT molecular complexity index is 486. The Hall–Kier alpha value is -1.90. The SMILES string of the molecule is Cc1nn(C)c(-c2ccccc2)c1C=O. The Morgan fingerprint density at radius 2 is 1.93 bits per heavy atom. The maximum Gasteiger partial charge on any atom is 0.154 e. The van der Waals surface area contributed by atoms with Gasteiger partial charge in [0, 0.05) is 12.6 Å². The molecule has 1 aromatic carbocycles. The largest absolute Gasteiger partial charge is 0.298 e. The van der Waals surface area contributed by atoms with E-state index in [1.54, 1.807) is 4.68 Å². The lowest BCUT2D eigenvalue weighted by molar-refractivity contribution is 0.112. The smallest absolute Gasteiger partial charge is 0.154 e. The minimum atomic E-state index is 0.670. The molecule has 0 saturated heterocycles. The van der Waals surface area contributed by atoms with E-state index in [-0.39, 0.29) is 0 Å². The molecule has 15 heavy (non-hydrogen) atoms. The second kappa shape index (κ2) is 3.69. The lowest BCUT2D eigenvalue weighted by Gasteiger charge is -2.02. The molecule has 0 aliphatic carbocycles. The summed E-state index contributed by atoms with van der Waals surface area (Å²) in [7, 11) is 1.85. The van der Waals surface area contributed by atoms with E-state index in [1.165, 1.54) is 0 Å². The molecule has 0 aliphatic rings. The first-order valence-corrected chi connectivity index (χ1v) is 4.78. The van der Waals surface area contributed by atoms with Crippen LogP contribution in [0.15, 0.2) is 30.3 Å². The molecule has 2 aromatic rings. The molecular weight excluding hydrogens is 188 g/mol. The Kier molecular flexibility index (Phi) is 2.37. The van der Waals surface area contributed by atoms with E-state index in [0.29, 0.717) is 5.56 Å². The van der Waals surface area contributed by atoms with Crippen LogP contribution in [0.2, 0.25) is 0 Å². The molecular formula is C12H12N2O. The first-order valence-electron chi connectivity index (χ1n) is 4.78. The summed E-state index contributed by atoms with van der Waals surface area (Å²) >= 11 is 0. The molecule has 0 atom stereocenters. The van der Waals surface area contributed by atoms with Gasteiger partial charge < -0.3 is 0 Å². The van der Waals surface area contributed by atoms with Crippen molar-refractivity contribution >= 4 is 6.29 Å². The number of carbonyl (C=O) groups excluding carboxylic acids is 1. The average molecular weight is 200 g/mol. The molecule has 0 saturated carbocycles. The molecule has 3 nitrogen and oxygen atoms in total. The zero-order chi connectivity index (χ0) is 10.8. The van der Waals surface area contributed by atoms with E-state index in [4.69, 9.17) is 0 Å². The van der Waals surface area contributed by atoms with Gasteiger partial charge in [0.25, 0.3) is 0 Å². The highest BCUT2D eigenvalue weighted by molar-refractivity contribution is 5.87. The van der Waals surface area contributed by atoms with Gasteiger partial charge in [-0.3, -0.25) is 9.48 Å². The Balaban J connectivity index is 2.67. The standard InChI is InChI=1S/C12H12N2O/c1-9-11(8-15)12(14(2)13-9)10-6-4-3-5-7-10/h3-8H,1-2H3. The van der Waals surface area contributed by atoms with Crippen molar-refractivity contribution in [2.75, 3.05) is 0 Å². The van der Waals surface area contributed by atoms with Gasteiger partial charge in [0.1, 0.15) is 0 Å². The van der Waals surface area contributed by atoms with E-state index in [2.05, 4.69) is 5.10 Å². The molecule has 0 spiro atoms. The number of aryl methyl sites for hydroxylation is 2. The Morgan fingerprint density at radius 3 is 2.53 bits per heavy atom. The van der Waals surface area contributed by atoms with Crippen LogP contribution < -0.4 is 0 Å². The number of nitrogens with zero attached hydrogens (tertiary/aromatic N) is 2. The number of rotatable bonds is 2. The van der Waals surface area contributed by atoms with Crippen molar-refractivity contribution < 1.29 is 4.79 Å². The molecule has 0 amide bonds. The number of carbonyl (C=O) groups is 1. The van der Waals surface area contributed by atoms with Crippen molar-refractivity contribution in [3.05, 3.63) is 41.6 Å². The fraction of sp³-hybridized carbons (Fsp3) is 0.167. The van der Waals surface area contributed by atoms with Crippen LogP contribution in [0.1, 0.15) is 16.1 Å². The monoisotopic (exact) mass is 200 g/mol. The fourth-order valence-electron chi connectivity index (χ4n) is 1.75. The summed E-state index contributed by atoms with van der Waals surface area (Å²) in [4.78, 5) is 11.0. The van der Waals surface area contributed by atoms with Crippen LogP contribution in [0.25, 0.3) is 11.3 Å². The number of hydrogen-bond acceptors (Lipinski definition) is 2. The van der Waals surface area contributed by atoms with E-state index in [9.17, 15) is 4.79 Å². The second-order valence-electron chi connectivity index (χ2n) is 3.46. The van der Waals surface area contributed by atoms with Crippen molar-refractivity contribution in [2.24, 2.45) is 7.05 Å². The van der Waals surface area contributed by atoms with Crippen molar-refractivity contribution in [3.8, 4) is 11.3 Å². The number of benzene rings is 1. The lowest BCUT2D eigenvalue weighted by atomic mass is 10.1. The summed E-state index contributed by atoms with van der Waals surface area (Å²) in [5, 5.41) is 4.24. The number of aldehydes is 1. The van der Waals surface area contributed by atoms with Crippen LogP contribution in [-0.4, -0.2) is 16.1 Å². The van der Waals surface area contributed by atoms with Gasteiger partial charge in [-0.25, -0.2) is 0 Å². The van der Waals surface area contributed by atoms with Crippen LogP contribution >= 0.6 is 0 Å². The van der Waals surface area contributed by atoms with Crippen LogP contribution in [0.3, 0.4) is 0 Å². The normalized spacial score (nSPS) is 10.3. The third-order valence-electron chi connectivity index (χ3n) is 2.43. The van der Waals surface area contributed by atoms with Crippen LogP contribution in [-0.2, 0) is 7.05 Å². The van der Waals surface area contributed by atoms with Crippen molar-refractivity contribution in [1.82, 2.24) is 9.78 Å². The Labute approximate surface area is 88.4 Å². The third-order valence-corrected chi connectivity index (χ3v) is 2.43. The van der Waals surface area contributed by atoms with Gasteiger partial charge in [0.05, 0.1) is 17.0 Å². The van der Waals surface area contributed by atoms with Crippen LogP contribution in [0.4, 0.5) is 0 Å². The highest BCUT2D eigenvalue weighted by atomic mass is 16.1. The fourth-order valence-corrected chi connectivity index (χ4v) is 1.75. The maximum absolute atomic E-state index is 11.0. The summed E-state index contributed by atoms with van der Waals surface area (Å²) in [6, 6.07) is 9.80. The molecule has 0 unspecified atom stereocenters. The zero-order valence-electron chi connectivity index (χ0n) is 8.77. The number of aromatic nitrogens is 2. The number of hydrogen-bond donors (Lipinski definition) is 0. The van der Waals surface area contributed by atoms with Gasteiger partial charge >= 0.3 is 0 Å². The van der Waals surface area contributed by atoms with Gasteiger partial charge in [-0.05, 0) is 6.92 Å². The maximum atomic E-state index is 11.0. The minimum absolute atomic E-state index is 0.670. The molecule has 1 aromatic heterocycles. The third kappa shape index (κ3) is 1.56. The molecule has 0 radical (unpaired) electrons. The van der Waals surface area contributed by atoms with Gasteiger partial charge in [0.15, 0.2) is 6.29 Å². The van der Waals surface area contributed by atoms with E-state index in [0.717, 1.165) is 23.2 Å². The van der Waals surface area contributed by atoms with Crippen molar-refractivity contribution in [1.29, 1.82) is 0 Å². The van der Waals surface area contributed by atoms with Crippen LogP contribution in [0.5, 0.6) is 0 Å². The van der Waals surface area contributed by atoms with Crippen molar-refractivity contribution in [2.45, 2.75) is 6.92 Å². The van der Waals surface area contributed by atoms with Gasteiger partial charge in [-0.2, -0.15) is 5.10 Å². The van der Waals surface area contributed by atoms with Gasteiger partial charge in [-0.1, -0.05) is 30.3 Å². The predicted molar refractivity (Wildman–Crippen MR) is 58.8 cm³/mol. The van der Waals surface area contributed by atoms with Crippen molar-refractivity contribution in [3.63, 3.8) is 0 Å². The quantitative estimate of drug-likeness (QED) is 0.696. The van der Waals surface area contributed by atoms with Gasteiger partial charge in [0.2, 0.25) is 0 Å². The minimum Gasteiger partial charge on any atom is -0.298 e. The molecule has 0 bridgehead atoms. The lowest BCUT2D eigenvalue weighted by Crippen LogP contribution is -1.94. The molecule has 3 heteroatoms. The van der Waals surface area contributed by atoms with E-state index >= 15 is 0 Å². The van der Waals surface area contributed by atoms with Gasteiger partial charge in [-0.15, -0.1) is 0 Å². The summed E-state index contributed by atoms with van der Waals surface area (Å²) in [6.45, 7) is 1.84. The summed E-state index contributed by atoms with van der Waals surface area (Å²) < 4.78 is 1.74. The second-order valence-corrected chi connectivity index (χ2v) is 3.46. The van der Waals surface area contributed by atoms with Crippen LogP contribution in [0, 0.1) is 6.92 Å².